The van der Waals surface area contributed by atoms with E-state index in [0.717, 1.165) is 5.56 Å². The minimum Gasteiger partial charge on any atom is -0.295 e. The van der Waals surface area contributed by atoms with Gasteiger partial charge in [-0.3, -0.25) is 20.0 Å². The number of hydrazine groups is 1. The van der Waals surface area contributed by atoms with Crippen molar-refractivity contribution < 1.29 is 9.59 Å². The SMILES string of the molecule is O=C1C=CN(NC(=O)c2ccccc2)C(c2ccc(Cl)cc2)C1. The van der Waals surface area contributed by atoms with Crippen LogP contribution in [0.1, 0.15) is 28.4 Å². The molecule has 5 heteroatoms. The number of carbonyl (C=O) groups is 2. The second-order valence-corrected chi connectivity index (χ2v) is 5.70. The molecule has 23 heavy (non-hydrogen) atoms. The Hall–Kier alpha value is -2.59. The number of allylic oxidation sites excluding steroid dienone is 1. The fourth-order valence-electron chi connectivity index (χ4n) is 2.47. The van der Waals surface area contributed by atoms with Crippen molar-refractivity contribution in [1.29, 1.82) is 0 Å². The van der Waals surface area contributed by atoms with Gasteiger partial charge in [-0.25, -0.2) is 0 Å². The summed E-state index contributed by atoms with van der Waals surface area (Å²) in [5.74, 6) is -0.196. The van der Waals surface area contributed by atoms with Crippen LogP contribution in [0.2, 0.25) is 5.02 Å². The van der Waals surface area contributed by atoms with Crippen LogP contribution in [0.3, 0.4) is 0 Å². The Morgan fingerprint density at radius 2 is 1.78 bits per heavy atom. The van der Waals surface area contributed by atoms with Crippen LogP contribution in [0.15, 0.2) is 66.9 Å². The third-order valence-corrected chi connectivity index (χ3v) is 3.92. The normalized spacial score (nSPS) is 17.2. The number of benzene rings is 2. The first-order chi connectivity index (χ1) is 11.1. The minimum atomic E-state index is -0.252. The molecule has 0 radical (unpaired) electrons. The van der Waals surface area contributed by atoms with Crippen LogP contribution in [0.25, 0.3) is 0 Å². The fraction of sp³-hybridized carbons (Fsp3) is 0.111. The van der Waals surface area contributed by atoms with Gasteiger partial charge in [0.15, 0.2) is 5.78 Å². The van der Waals surface area contributed by atoms with Crippen LogP contribution in [0.4, 0.5) is 0 Å². The van der Waals surface area contributed by atoms with E-state index in [1.165, 1.54) is 6.08 Å². The smallest absolute Gasteiger partial charge is 0.269 e. The lowest BCUT2D eigenvalue weighted by Crippen LogP contribution is -2.43. The molecular formula is C18H15ClN2O2. The maximum absolute atomic E-state index is 12.3. The number of nitrogens with zero attached hydrogens (tertiary/aromatic N) is 1. The third kappa shape index (κ3) is 3.60. The number of rotatable bonds is 3. The molecule has 0 fully saturated rings. The minimum absolute atomic E-state index is 0.0233. The summed E-state index contributed by atoms with van der Waals surface area (Å²) in [6.45, 7) is 0. The molecule has 1 heterocycles. The topological polar surface area (TPSA) is 49.4 Å². The molecule has 1 aliphatic heterocycles. The molecule has 2 aromatic carbocycles. The summed E-state index contributed by atoms with van der Waals surface area (Å²) in [5.41, 5.74) is 4.32. The standard InChI is InChI=1S/C18H15ClN2O2/c19-15-8-6-13(7-9-15)17-12-16(22)10-11-21(17)20-18(23)14-4-2-1-3-5-14/h1-11,17H,12H2,(H,20,23). The number of hydrogen-bond acceptors (Lipinski definition) is 3. The molecule has 0 saturated heterocycles. The molecule has 2 aromatic rings. The summed E-state index contributed by atoms with van der Waals surface area (Å²) in [7, 11) is 0. The first kappa shape index (κ1) is 15.3. The van der Waals surface area contributed by atoms with Gasteiger partial charge in [0.2, 0.25) is 0 Å². The second kappa shape index (κ2) is 6.67. The van der Waals surface area contributed by atoms with Crippen molar-refractivity contribution in [3.63, 3.8) is 0 Å². The maximum atomic E-state index is 12.3. The van der Waals surface area contributed by atoms with Crippen molar-refractivity contribution in [3.05, 3.63) is 83.0 Å². The highest BCUT2D eigenvalue weighted by Gasteiger charge is 2.25. The van der Waals surface area contributed by atoms with Crippen molar-refractivity contribution in [1.82, 2.24) is 10.4 Å². The summed E-state index contributed by atoms with van der Waals surface area (Å²) >= 11 is 5.92. The highest BCUT2D eigenvalue weighted by atomic mass is 35.5. The molecule has 0 bridgehead atoms. The van der Waals surface area contributed by atoms with Gasteiger partial charge < -0.3 is 0 Å². The first-order valence-corrected chi connectivity index (χ1v) is 7.62. The van der Waals surface area contributed by atoms with Crippen molar-refractivity contribution >= 4 is 23.3 Å². The number of nitrogens with one attached hydrogen (secondary N) is 1. The molecular weight excluding hydrogens is 312 g/mol. The van der Waals surface area contributed by atoms with Gasteiger partial charge in [-0.05, 0) is 35.9 Å². The van der Waals surface area contributed by atoms with Crippen LogP contribution in [-0.4, -0.2) is 16.7 Å². The summed E-state index contributed by atoms with van der Waals surface area (Å²) in [5, 5.41) is 2.30. The van der Waals surface area contributed by atoms with E-state index >= 15 is 0 Å². The quantitative estimate of drug-likeness (QED) is 0.939. The van der Waals surface area contributed by atoms with E-state index in [1.807, 2.05) is 18.2 Å². The van der Waals surface area contributed by atoms with Crippen molar-refractivity contribution in [2.75, 3.05) is 0 Å². The van der Waals surface area contributed by atoms with Crippen molar-refractivity contribution in [3.8, 4) is 0 Å². The Balaban J connectivity index is 1.83. The number of hydrogen-bond donors (Lipinski definition) is 1. The van der Waals surface area contributed by atoms with Gasteiger partial charge in [0.1, 0.15) is 0 Å². The first-order valence-electron chi connectivity index (χ1n) is 7.24. The van der Waals surface area contributed by atoms with Crippen LogP contribution in [0.5, 0.6) is 0 Å². The van der Waals surface area contributed by atoms with E-state index in [-0.39, 0.29) is 17.7 Å². The summed E-state index contributed by atoms with van der Waals surface area (Å²) in [6.07, 6.45) is 3.37. The van der Waals surface area contributed by atoms with Gasteiger partial charge >= 0.3 is 0 Å². The van der Waals surface area contributed by atoms with Gasteiger partial charge in [0, 0.05) is 23.2 Å². The van der Waals surface area contributed by atoms with Gasteiger partial charge in [-0.1, -0.05) is 41.9 Å². The molecule has 0 saturated carbocycles. The van der Waals surface area contributed by atoms with Crippen molar-refractivity contribution in [2.45, 2.75) is 12.5 Å². The Bertz CT molecular complexity index is 741. The lowest BCUT2D eigenvalue weighted by Gasteiger charge is -2.33. The third-order valence-electron chi connectivity index (χ3n) is 3.67. The molecule has 1 amide bonds. The highest BCUT2D eigenvalue weighted by molar-refractivity contribution is 6.30. The Morgan fingerprint density at radius 1 is 1.09 bits per heavy atom. The average molecular weight is 327 g/mol. The number of amides is 1. The summed E-state index contributed by atoms with van der Waals surface area (Å²) in [4.78, 5) is 24.1. The van der Waals surface area contributed by atoms with E-state index in [2.05, 4.69) is 5.43 Å². The maximum Gasteiger partial charge on any atom is 0.269 e. The molecule has 0 spiro atoms. The van der Waals surface area contributed by atoms with Crippen LogP contribution >= 0.6 is 11.6 Å². The van der Waals surface area contributed by atoms with Crippen LogP contribution < -0.4 is 5.43 Å². The predicted octanol–water partition coefficient (Wildman–Crippen LogP) is 3.51. The zero-order chi connectivity index (χ0) is 16.2. The number of carbonyl (C=O) groups excluding carboxylic acids is 2. The number of halogens is 1. The largest absolute Gasteiger partial charge is 0.295 e. The molecule has 1 atom stereocenters. The summed E-state index contributed by atoms with van der Waals surface area (Å²) < 4.78 is 0. The molecule has 1 unspecified atom stereocenters. The van der Waals surface area contributed by atoms with Crippen LogP contribution in [-0.2, 0) is 4.79 Å². The van der Waals surface area contributed by atoms with Gasteiger partial charge in [0.25, 0.3) is 5.91 Å². The van der Waals surface area contributed by atoms with E-state index in [0.29, 0.717) is 17.0 Å². The van der Waals surface area contributed by atoms with E-state index in [1.54, 1.807) is 47.6 Å². The van der Waals surface area contributed by atoms with Crippen molar-refractivity contribution in [2.24, 2.45) is 0 Å². The lowest BCUT2D eigenvalue weighted by atomic mass is 9.99. The molecule has 0 aliphatic carbocycles. The average Bonchev–Trinajstić information content (AvgIpc) is 2.58. The molecule has 1 N–H and O–H groups in total. The van der Waals surface area contributed by atoms with Gasteiger partial charge in [-0.2, -0.15) is 0 Å². The van der Waals surface area contributed by atoms with E-state index in [4.69, 9.17) is 11.6 Å². The molecule has 116 valence electrons. The number of ketones is 1. The zero-order valence-corrected chi connectivity index (χ0v) is 13.0. The Morgan fingerprint density at radius 3 is 2.48 bits per heavy atom. The molecule has 3 rings (SSSR count). The summed E-state index contributed by atoms with van der Waals surface area (Å²) in [6, 6.07) is 16.0. The Labute approximate surface area is 139 Å². The van der Waals surface area contributed by atoms with Gasteiger partial charge in [0.05, 0.1) is 6.04 Å². The highest BCUT2D eigenvalue weighted by Crippen LogP contribution is 2.28. The Kier molecular flexibility index (Phi) is 4.44. The predicted molar refractivity (Wildman–Crippen MR) is 88.7 cm³/mol. The lowest BCUT2D eigenvalue weighted by molar-refractivity contribution is -0.116. The van der Waals surface area contributed by atoms with E-state index < -0.39 is 0 Å². The fourth-order valence-corrected chi connectivity index (χ4v) is 2.60. The monoisotopic (exact) mass is 326 g/mol. The van der Waals surface area contributed by atoms with Gasteiger partial charge in [-0.15, -0.1) is 0 Å². The molecule has 4 nitrogen and oxygen atoms in total. The molecule has 1 aliphatic rings. The van der Waals surface area contributed by atoms with E-state index in [9.17, 15) is 9.59 Å². The van der Waals surface area contributed by atoms with Crippen LogP contribution in [0, 0.1) is 0 Å². The zero-order valence-electron chi connectivity index (χ0n) is 12.3. The molecule has 0 aromatic heterocycles. The second-order valence-electron chi connectivity index (χ2n) is 5.27.